The molecular formula is C13H19N3O3S. The second-order valence-corrected chi connectivity index (χ2v) is 7.06. The average Bonchev–Trinajstić information content (AvgIpc) is 2.35. The third-order valence-corrected chi connectivity index (χ3v) is 4.61. The van der Waals surface area contributed by atoms with Crippen LogP contribution in [-0.2, 0) is 14.6 Å². The highest BCUT2D eigenvalue weighted by Gasteiger charge is 2.25. The first-order chi connectivity index (χ1) is 9.44. The van der Waals surface area contributed by atoms with Crippen LogP contribution in [0.3, 0.4) is 0 Å². The Morgan fingerprint density at radius 3 is 3.05 bits per heavy atom. The summed E-state index contributed by atoms with van der Waals surface area (Å²) in [7, 11) is -3.00. The molecule has 110 valence electrons. The van der Waals surface area contributed by atoms with Gasteiger partial charge in [-0.1, -0.05) is 12.1 Å². The highest BCUT2D eigenvalue weighted by Crippen LogP contribution is 2.10. The maximum atomic E-state index is 11.5. The zero-order valence-corrected chi connectivity index (χ0v) is 12.2. The van der Waals surface area contributed by atoms with Gasteiger partial charge in [-0.15, -0.1) is 0 Å². The second-order valence-electron chi connectivity index (χ2n) is 4.83. The van der Waals surface area contributed by atoms with E-state index in [0.717, 1.165) is 11.3 Å². The minimum absolute atomic E-state index is 0.00816. The van der Waals surface area contributed by atoms with Crippen molar-refractivity contribution in [3.8, 4) is 0 Å². The topological polar surface area (TPSA) is 93.8 Å². The number of ether oxygens (including phenoxy) is 1. The van der Waals surface area contributed by atoms with Crippen molar-refractivity contribution in [2.24, 2.45) is 10.7 Å². The first-order valence-corrected chi connectivity index (χ1v) is 8.22. The Morgan fingerprint density at radius 2 is 2.35 bits per heavy atom. The number of guanidine groups is 1. The van der Waals surface area contributed by atoms with Crippen molar-refractivity contribution >= 4 is 21.5 Å². The van der Waals surface area contributed by atoms with Crippen LogP contribution in [0.1, 0.15) is 5.56 Å². The molecule has 6 nitrogen and oxygen atoms in total. The summed E-state index contributed by atoms with van der Waals surface area (Å²) >= 11 is 0. The molecule has 1 atom stereocenters. The van der Waals surface area contributed by atoms with Crippen molar-refractivity contribution in [3.63, 3.8) is 0 Å². The summed E-state index contributed by atoms with van der Waals surface area (Å²) in [6.45, 7) is 2.46. The minimum atomic E-state index is -3.00. The standard InChI is InChI=1S/C13H19N3O3S/c1-10-3-2-4-11(7-10)16-13(14)15-8-12-9-20(17,18)6-5-19-12/h2-4,7,12H,5-6,8-9H2,1H3,(H3,14,15,16). The third-order valence-electron chi connectivity index (χ3n) is 2.94. The van der Waals surface area contributed by atoms with Crippen molar-refractivity contribution in [1.82, 2.24) is 0 Å². The Balaban J connectivity index is 1.91. The van der Waals surface area contributed by atoms with Crippen LogP contribution >= 0.6 is 0 Å². The lowest BCUT2D eigenvalue weighted by atomic mass is 10.2. The van der Waals surface area contributed by atoms with Crippen LogP contribution in [0.15, 0.2) is 29.3 Å². The molecule has 1 aliphatic heterocycles. The fraction of sp³-hybridized carbons (Fsp3) is 0.462. The molecular weight excluding hydrogens is 278 g/mol. The van der Waals surface area contributed by atoms with Gasteiger partial charge >= 0.3 is 0 Å². The van der Waals surface area contributed by atoms with Crippen molar-refractivity contribution in [2.75, 3.05) is 30.0 Å². The lowest BCUT2D eigenvalue weighted by Gasteiger charge is -2.21. The molecule has 20 heavy (non-hydrogen) atoms. The number of rotatable bonds is 3. The van der Waals surface area contributed by atoms with Gasteiger partial charge in [-0.2, -0.15) is 0 Å². The largest absolute Gasteiger partial charge is 0.374 e. The SMILES string of the molecule is Cc1cccc(NC(N)=NCC2CS(=O)(=O)CCO2)c1. The predicted octanol–water partition coefficient (Wildman–Crippen LogP) is 0.535. The average molecular weight is 297 g/mol. The van der Waals surface area contributed by atoms with Gasteiger partial charge < -0.3 is 15.8 Å². The van der Waals surface area contributed by atoms with E-state index in [2.05, 4.69) is 10.3 Å². The molecule has 1 aliphatic rings. The molecule has 1 unspecified atom stereocenters. The van der Waals surface area contributed by atoms with Gasteiger partial charge in [0.25, 0.3) is 0 Å². The normalized spacial score (nSPS) is 22.4. The van der Waals surface area contributed by atoms with Gasteiger partial charge in [0.05, 0.1) is 30.8 Å². The summed E-state index contributed by atoms with van der Waals surface area (Å²) in [5, 5.41) is 2.97. The molecule has 3 N–H and O–H groups in total. The number of aryl methyl sites for hydroxylation is 1. The van der Waals surface area contributed by atoms with E-state index in [9.17, 15) is 8.42 Å². The van der Waals surface area contributed by atoms with E-state index >= 15 is 0 Å². The highest BCUT2D eigenvalue weighted by atomic mass is 32.2. The molecule has 1 fully saturated rings. The van der Waals surface area contributed by atoms with Gasteiger partial charge in [0.2, 0.25) is 0 Å². The van der Waals surface area contributed by atoms with Crippen molar-refractivity contribution in [3.05, 3.63) is 29.8 Å². The Morgan fingerprint density at radius 1 is 1.55 bits per heavy atom. The van der Waals surface area contributed by atoms with Crippen molar-refractivity contribution in [1.29, 1.82) is 0 Å². The van der Waals surface area contributed by atoms with E-state index in [1.807, 2.05) is 31.2 Å². The second kappa shape index (κ2) is 6.23. The molecule has 1 heterocycles. The van der Waals surface area contributed by atoms with Crippen LogP contribution in [0.25, 0.3) is 0 Å². The Bertz CT molecular complexity index is 599. The quantitative estimate of drug-likeness (QED) is 0.627. The van der Waals surface area contributed by atoms with Crippen LogP contribution in [0.4, 0.5) is 5.69 Å². The van der Waals surface area contributed by atoms with Crippen molar-refractivity contribution < 1.29 is 13.2 Å². The number of nitrogens with zero attached hydrogens (tertiary/aromatic N) is 1. The van der Waals surface area contributed by atoms with Crippen LogP contribution in [0.2, 0.25) is 0 Å². The molecule has 0 radical (unpaired) electrons. The summed E-state index contributed by atoms with van der Waals surface area (Å²) < 4.78 is 28.3. The molecule has 1 aromatic carbocycles. The Hall–Kier alpha value is -1.60. The number of hydrogen-bond acceptors (Lipinski definition) is 4. The van der Waals surface area contributed by atoms with Gasteiger partial charge in [0.1, 0.15) is 0 Å². The lowest BCUT2D eigenvalue weighted by Crippen LogP contribution is -2.37. The summed E-state index contributed by atoms with van der Waals surface area (Å²) in [5.74, 6) is 0.348. The number of nitrogens with one attached hydrogen (secondary N) is 1. The first-order valence-electron chi connectivity index (χ1n) is 6.40. The number of nitrogens with two attached hydrogens (primary N) is 1. The first kappa shape index (κ1) is 14.8. The molecule has 1 aromatic rings. The van der Waals surface area contributed by atoms with Gasteiger partial charge in [-0.3, -0.25) is 4.99 Å². The Labute approximate surface area is 119 Å². The highest BCUT2D eigenvalue weighted by molar-refractivity contribution is 7.91. The van der Waals surface area contributed by atoms with Crippen LogP contribution < -0.4 is 11.1 Å². The Kier molecular flexibility index (Phi) is 4.61. The van der Waals surface area contributed by atoms with Gasteiger partial charge in [-0.05, 0) is 24.6 Å². The number of benzene rings is 1. The molecule has 1 saturated heterocycles. The monoisotopic (exact) mass is 297 g/mol. The smallest absolute Gasteiger partial charge is 0.193 e. The zero-order chi connectivity index (χ0) is 14.6. The molecule has 0 aliphatic carbocycles. The molecule has 0 saturated carbocycles. The van der Waals surface area contributed by atoms with Gasteiger partial charge in [0, 0.05) is 5.69 Å². The van der Waals surface area contributed by atoms with E-state index in [0.29, 0.717) is 0 Å². The summed E-state index contributed by atoms with van der Waals surface area (Å²) in [6, 6.07) is 7.74. The summed E-state index contributed by atoms with van der Waals surface area (Å²) in [6.07, 6.45) is -0.411. The van der Waals surface area contributed by atoms with Gasteiger partial charge in [0.15, 0.2) is 15.8 Å². The molecule has 0 bridgehead atoms. The van der Waals surface area contributed by atoms with Crippen LogP contribution in [-0.4, -0.2) is 45.1 Å². The van der Waals surface area contributed by atoms with E-state index in [-0.39, 0.29) is 30.6 Å². The summed E-state index contributed by atoms with van der Waals surface area (Å²) in [5.41, 5.74) is 7.74. The molecule has 0 spiro atoms. The van der Waals surface area contributed by atoms with Crippen LogP contribution in [0, 0.1) is 6.92 Å². The maximum Gasteiger partial charge on any atom is 0.193 e. The molecule has 0 aromatic heterocycles. The number of hydrogen-bond donors (Lipinski definition) is 2. The fourth-order valence-electron chi connectivity index (χ4n) is 1.97. The number of sulfone groups is 1. The molecule has 0 amide bonds. The fourth-order valence-corrected chi connectivity index (χ4v) is 3.26. The molecule has 2 rings (SSSR count). The third kappa shape index (κ3) is 4.50. The van der Waals surface area contributed by atoms with E-state index in [1.165, 1.54) is 0 Å². The van der Waals surface area contributed by atoms with E-state index in [1.54, 1.807) is 0 Å². The molecule has 7 heteroatoms. The summed E-state index contributed by atoms with van der Waals surface area (Å²) in [4.78, 5) is 4.13. The van der Waals surface area contributed by atoms with Gasteiger partial charge in [-0.25, -0.2) is 8.42 Å². The minimum Gasteiger partial charge on any atom is -0.374 e. The van der Waals surface area contributed by atoms with E-state index in [4.69, 9.17) is 10.5 Å². The lowest BCUT2D eigenvalue weighted by molar-refractivity contribution is 0.0783. The van der Waals surface area contributed by atoms with E-state index < -0.39 is 15.9 Å². The number of aliphatic imine (C=N–C) groups is 1. The zero-order valence-electron chi connectivity index (χ0n) is 11.4. The maximum absolute atomic E-state index is 11.5. The van der Waals surface area contributed by atoms with Crippen LogP contribution in [0.5, 0.6) is 0 Å². The van der Waals surface area contributed by atoms with Crippen molar-refractivity contribution in [2.45, 2.75) is 13.0 Å². The number of anilines is 1. The predicted molar refractivity (Wildman–Crippen MR) is 79.7 cm³/mol.